The monoisotopic (exact) mass is 719 g/mol. The highest BCUT2D eigenvalue weighted by atomic mass is 32.2. The predicted molar refractivity (Wildman–Crippen MR) is 190 cm³/mol. The molecule has 1 aromatic carbocycles. The van der Waals surface area contributed by atoms with Gasteiger partial charge in [-0.1, -0.05) is 42.3 Å². The minimum Gasteiger partial charge on any atom is -0.477 e. The Kier molecular flexibility index (Phi) is 11.4. The third kappa shape index (κ3) is 8.66. The van der Waals surface area contributed by atoms with Crippen LogP contribution in [0.2, 0.25) is 0 Å². The van der Waals surface area contributed by atoms with Gasteiger partial charge in [0.25, 0.3) is 0 Å². The van der Waals surface area contributed by atoms with Gasteiger partial charge in [-0.2, -0.15) is 13.2 Å². The standard InChI is InChI=1S/C37H56F3N7O2S/c1-35(2)22-27-10-6-19-41-33-29(49-25-26-8-4-3-5-9-26)12-14-32(44-33)50-42-23-28-11-13-30(43-34(28)46(35)24-27)47-20-15-31(45-47)48-21-7-16-36(17-18-36)37(38,39)40/h3-5,8-9,15,20,27-30,32-34,41-44H,6-7,10-14,16-19,21-25H2,1-2H3/t27-,28?,29?,30?,32?,33?,34?/m0/s1. The van der Waals surface area contributed by atoms with Crippen LogP contribution in [0.5, 0.6) is 5.88 Å². The first-order valence-electron chi connectivity index (χ1n) is 18.9. The van der Waals surface area contributed by atoms with Gasteiger partial charge in [0.1, 0.15) is 6.17 Å². The fourth-order valence-electron chi connectivity index (χ4n) is 8.81. The molecule has 1 aromatic heterocycles. The summed E-state index contributed by atoms with van der Waals surface area (Å²) in [4.78, 5) is 2.72. The van der Waals surface area contributed by atoms with Gasteiger partial charge in [0, 0.05) is 36.8 Å². The number of aromatic nitrogens is 2. The molecule has 7 unspecified atom stereocenters. The summed E-state index contributed by atoms with van der Waals surface area (Å²) >= 11 is 1.82. The molecule has 0 radical (unpaired) electrons. The summed E-state index contributed by atoms with van der Waals surface area (Å²) in [5.41, 5.74) is -0.200. The Labute approximate surface area is 299 Å². The lowest BCUT2D eigenvalue weighted by Crippen LogP contribution is -2.61. The maximum Gasteiger partial charge on any atom is 0.394 e. The molecular formula is C37H56F3N7O2S. The molecule has 4 bridgehead atoms. The van der Waals surface area contributed by atoms with Crippen molar-refractivity contribution in [3.8, 4) is 5.88 Å². The lowest BCUT2D eigenvalue weighted by Gasteiger charge is -2.47. The van der Waals surface area contributed by atoms with Crippen molar-refractivity contribution in [2.24, 2.45) is 17.3 Å². The number of nitrogens with one attached hydrogen (secondary N) is 4. The second-order valence-corrected chi connectivity index (χ2v) is 17.1. The van der Waals surface area contributed by atoms with E-state index >= 15 is 0 Å². The maximum atomic E-state index is 13.3. The largest absolute Gasteiger partial charge is 0.477 e. The summed E-state index contributed by atoms with van der Waals surface area (Å²) in [5.74, 6) is 1.54. The summed E-state index contributed by atoms with van der Waals surface area (Å²) in [6, 6.07) is 12.3. The van der Waals surface area contributed by atoms with Crippen molar-refractivity contribution in [1.82, 2.24) is 35.4 Å². The summed E-state index contributed by atoms with van der Waals surface area (Å²) < 4.78 is 58.0. The molecule has 5 aliphatic rings. The van der Waals surface area contributed by atoms with Crippen LogP contribution < -0.4 is 25.4 Å². The first-order valence-corrected chi connectivity index (χ1v) is 19.8. The fraction of sp³-hybridized carbons (Fsp3) is 0.757. The first kappa shape index (κ1) is 36.5. The normalized spacial score (nSPS) is 34.3. The number of halogens is 3. The summed E-state index contributed by atoms with van der Waals surface area (Å²) in [5, 5.41) is 16.7. The number of rotatable bonds is 9. The number of hydrogen-bond acceptors (Lipinski definition) is 9. The number of benzene rings is 1. The second-order valence-electron chi connectivity index (χ2n) is 16.0. The van der Waals surface area contributed by atoms with Crippen LogP contribution in [0.15, 0.2) is 42.6 Å². The van der Waals surface area contributed by atoms with E-state index < -0.39 is 11.6 Å². The van der Waals surface area contributed by atoms with E-state index in [0.717, 1.165) is 51.7 Å². The van der Waals surface area contributed by atoms with Crippen molar-refractivity contribution in [3.05, 3.63) is 48.2 Å². The molecule has 9 nitrogen and oxygen atoms in total. The number of alkyl halides is 3. The van der Waals surface area contributed by atoms with Crippen LogP contribution in [-0.2, 0) is 11.3 Å². The van der Waals surface area contributed by atoms with Gasteiger partial charge in [-0.15, -0.1) is 5.10 Å². The molecule has 1 aliphatic carbocycles. The van der Waals surface area contributed by atoms with Gasteiger partial charge in [0.2, 0.25) is 5.88 Å². The average molecular weight is 720 g/mol. The van der Waals surface area contributed by atoms with Crippen LogP contribution >= 0.6 is 11.9 Å². The van der Waals surface area contributed by atoms with E-state index in [1.54, 1.807) is 0 Å². The number of piperidine rings is 2. The molecule has 13 heteroatoms. The van der Waals surface area contributed by atoms with E-state index in [2.05, 4.69) is 63.7 Å². The van der Waals surface area contributed by atoms with Gasteiger partial charge in [0.05, 0.1) is 42.4 Å². The maximum absolute atomic E-state index is 13.3. The fourth-order valence-corrected chi connectivity index (χ4v) is 9.79. The Hall–Kier alpha value is -1.87. The van der Waals surface area contributed by atoms with Crippen LogP contribution in [0.25, 0.3) is 0 Å². The Bertz CT molecular complexity index is 1380. The van der Waals surface area contributed by atoms with E-state index in [4.69, 9.17) is 14.6 Å². The highest BCUT2D eigenvalue weighted by Crippen LogP contribution is 2.60. The lowest BCUT2D eigenvalue weighted by atomic mass is 9.90. The van der Waals surface area contributed by atoms with E-state index in [1.165, 1.54) is 18.4 Å². The molecule has 2 aromatic rings. The van der Waals surface area contributed by atoms with Gasteiger partial charge in [-0.3, -0.25) is 30.3 Å². The number of fused-ring (bicyclic) bond motifs is 6. The van der Waals surface area contributed by atoms with Crippen LogP contribution in [0.3, 0.4) is 0 Å². The smallest absolute Gasteiger partial charge is 0.394 e. The number of nitrogens with zero attached hydrogens (tertiary/aromatic N) is 3. The van der Waals surface area contributed by atoms with Crippen molar-refractivity contribution in [2.75, 3.05) is 26.2 Å². The van der Waals surface area contributed by atoms with Gasteiger partial charge < -0.3 is 9.47 Å². The Balaban J connectivity index is 0.966. The van der Waals surface area contributed by atoms with Crippen molar-refractivity contribution in [3.63, 3.8) is 0 Å². The van der Waals surface area contributed by atoms with Crippen LogP contribution in [0.4, 0.5) is 13.2 Å². The third-order valence-electron chi connectivity index (χ3n) is 11.9. The Morgan fingerprint density at radius 3 is 2.66 bits per heavy atom. The molecule has 4 saturated heterocycles. The number of ether oxygens (including phenoxy) is 2. The summed E-state index contributed by atoms with van der Waals surface area (Å²) in [6.45, 7) is 8.61. The minimum atomic E-state index is -4.11. The molecule has 7 rings (SSSR count). The lowest BCUT2D eigenvalue weighted by molar-refractivity contribution is -0.189. The minimum absolute atomic E-state index is 0.0240. The molecule has 278 valence electrons. The first-order chi connectivity index (χ1) is 24.1. The zero-order chi connectivity index (χ0) is 34.8. The van der Waals surface area contributed by atoms with Crippen molar-refractivity contribution >= 4 is 11.9 Å². The summed E-state index contributed by atoms with van der Waals surface area (Å²) in [7, 11) is 0. The van der Waals surface area contributed by atoms with E-state index in [1.807, 2.05) is 35.0 Å². The molecule has 5 heterocycles. The Morgan fingerprint density at radius 2 is 1.86 bits per heavy atom. The molecule has 4 N–H and O–H groups in total. The summed E-state index contributed by atoms with van der Waals surface area (Å²) in [6.07, 6.45) is 6.83. The highest BCUT2D eigenvalue weighted by molar-refractivity contribution is 7.98. The molecule has 0 spiro atoms. The third-order valence-corrected chi connectivity index (χ3v) is 12.9. The quantitative estimate of drug-likeness (QED) is 0.170. The molecule has 5 fully saturated rings. The van der Waals surface area contributed by atoms with E-state index in [-0.39, 0.29) is 56.0 Å². The van der Waals surface area contributed by atoms with Crippen molar-refractivity contribution < 1.29 is 22.6 Å². The topological polar surface area (TPSA) is 87.6 Å². The predicted octanol–water partition coefficient (Wildman–Crippen LogP) is 6.55. The second kappa shape index (κ2) is 15.6. The zero-order valence-electron chi connectivity index (χ0n) is 29.6. The van der Waals surface area contributed by atoms with Gasteiger partial charge in [-0.25, -0.2) is 0 Å². The van der Waals surface area contributed by atoms with Crippen LogP contribution in [-0.4, -0.2) is 76.4 Å². The van der Waals surface area contributed by atoms with Crippen molar-refractivity contribution in [1.29, 1.82) is 0 Å². The average Bonchev–Trinajstić information content (AvgIpc) is 3.65. The molecule has 8 atom stereocenters. The SMILES string of the molecule is CC1(C)C[C@@H]2CCCNC3NC(CCC3OCc3ccccc3)SNCC3CCC(n4ccc(OCCCC5(C(F)(F)F)CC5)n4)NC3N1C2. The zero-order valence-corrected chi connectivity index (χ0v) is 30.4. The van der Waals surface area contributed by atoms with E-state index in [9.17, 15) is 13.2 Å². The Morgan fingerprint density at radius 1 is 1.02 bits per heavy atom. The van der Waals surface area contributed by atoms with Crippen molar-refractivity contribution in [2.45, 2.75) is 133 Å². The van der Waals surface area contributed by atoms with Gasteiger partial charge in [-0.05, 0) is 103 Å². The molecule has 1 saturated carbocycles. The number of hydrogen-bond donors (Lipinski definition) is 4. The van der Waals surface area contributed by atoms with E-state index in [0.29, 0.717) is 36.1 Å². The van der Waals surface area contributed by atoms with Crippen LogP contribution in [0.1, 0.15) is 96.2 Å². The molecule has 50 heavy (non-hydrogen) atoms. The van der Waals surface area contributed by atoms with Crippen LogP contribution in [0, 0.1) is 17.3 Å². The molecule has 0 amide bonds. The molecular weight excluding hydrogens is 664 g/mol. The van der Waals surface area contributed by atoms with Gasteiger partial charge >= 0.3 is 6.18 Å². The van der Waals surface area contributed by atoms with Gasteiger partial charge in [0.15, 0.2) is 0 Å². The highest BCUT2D eigenvalue weighted by Gasteiger charge is 2.62. The molecule has 4 aliphatic heterocycles.